The number of aromatic nitrogens is 2. The van der Waals surface area contributed by atoms with Crippen molar-refractivity contribution in [1.29, 1.82) is 0 Å². The summed E-state index contributed by atoms with van der Waals surface area (Å²) in [6.07, 6.45) is 8.43. The van der Waals surface area contributed by atoms with Crippen LogP contribution in [0.1, 0.15) is 39.4 Å². The number of nitrogens with zero attached hydrogens (tertiary/aromatic N) is 3. The van der Waals surface area contributed by atoms with Crippen molar-refractivity contribution in [3.8, 4) is 0 Å². The van der Waals surface area contributed by atoms with Gasteiger partial charge >= 0.3 is 0 Å². The number of rotatable bonds is 7. The van der Waals surface area contributed by atoms with Crippen LogP contribution in [-0.4, -0.2) is 33.6 Å². The molecule has 0 bridgehead atoms. The van der Waals surface area contributed by atoms with E-state index in [1.165, 1.54) is 0 Å². The second-order valence-electron chi connectivity index (χ2n) is 8.79. The Hall–Kier alpha value is -3.86. The van der Waals surface area contributed by atoms with Gasteiger partial charge in [-0.25, -0.2) is 0 Å². The van der Waals surface area contributed by atoms with Crippen molar-refractivity contribution in [2.45, 2.75) is 25.3 Å². The van der Waals surface area contributed by atoms with Crippen molar-refractivity contribution in [1.82, 2.24) is 14.9 Å². The Balaban J connectivity index is 1.19. The molecule has 2 heterocycles. The molecule has 0 radical (unpaired) electrons. The van der Waals surface area contributed by atoms with Gasteiger partial charge in [0.25, 0.3) is 5.91 Å². The van der Waals surface area contributed by atoms with E-state index in [1.807, 2.05) is 60.8 Å². The summed E-state index contributed by atoms with van der Waals surface area (Å²) in [5, 5.41) is 2.19. The quantitative estimate of drug-likeness (QED) is 0.418. The third kappa shape index (κ3) is 4.67. The van der Waals surface area contributed by atoms with Crippen LogP contribution in [0, 0.1) is 5.92 Å². The number of carbonyl (C=O) groups is 2. The molecular weight excluding hydrogens is 410 g/mol. The van der Waals surface area contributed by atoms with Crippen LogP contribution in [0.25, 0.3) is 10.8 Å². The zero-order valence-corrected chi connectivity index (χ0v) is 18.5. The molecule has 0 saturated heterocycles. The maximum atomic E-state index is 12.9. The van der Waals surface area contributed by atoms with Crippen molar-refractivity contribution in [3.05, 3.63) is 108 Å². The zero-order chi connectivity index (χ0) is 22.8. The Morgan fingerprint density at radius 2 is 1.73 bits per heavy atom. The number of benzene rings is 2. The molecule has 5 heteroatoms. The van der Waals surface area contributed by atoms with E-state index in [-0.39, 0.29) is 23.5 Å². The van der Waals surface area contributed by atoms with Crippen molar-refractivity contribution in [3.63, 3.8) is 0 Å². The number of hydrogen-bond acceptors (Lipinski definition) is 4. The first kappa shape index (κ1) is 21.0. The molecule has 2 aromatic heterocycles. The van der Waals surface area contributed by atoms with Gasteiger partial charge in [0.15, 0.2) is 0 Å². The van der Waals surface area contributed by atoms with Crippen molar-refractivity contribution >= 4 is 22.5 Å². The summed E-state index contributed by atoms with van der Waals surface area (Å²) in [6, 6.07) is 19.6. The molecule has 0 aliphatic heterocycles. The van der Waals surface area contributed by atoms with E-state index >= 15 is 0 Å². The van der Waals surface area contributed by atoms with Crippen molar-refractivity contribution in [2.75, 3.05) is 7.05 Å². The SMILES string of the molecule is CN(Cc1cccnc1)C(=O)c1ccc([C@@H]2C[C@H]2C(=O)Cc2ccc3cnccc3c2)cc1. The molecule has 0 N–H and O–H groups in total. The molecule has 1 fully saturated rings. The van der Waals surface area contributed by atoms with Crippen LogP contribution in [0.2, 0.25) is 0 Å². The monoisotopic (exact) mass is 435 g/mol. The molecule has 1 aliphatic rings. The minimum Gasteiger partial charge on any atom is -0.337 e. The molecule has 1 aliphatic carbocycles. The molecule has 2 atom stereocenters. The van der Waals surface area contributed by atoms with E-state index < -0.39 is 0 Å². The molecule has 0 unspecified atom stereocenters. The van der Waals surface area contributed by atoms with Crippen LogP contribution >= 0.6 is 0 Å². The average molecular weight is 436 g/mol. The van der Waals surface area contributed by atoms with Gasteiger partial charge in [-0.1, -0.05) is 36.4 Å². The molecule has 4 aromatic rings. The van der Waals surface area contributed by atoms with E-state index in [1.54, 1.807) is 30.5 Å². The fourth-order valence-electron chi connectivity index (χ4n) is 4.42. The molecular formula is C28H25N3O2. The first-order valence-corrected chi connectivity index (χ1v) is 11.2. The predicted molar refractivity (Wildman–Crippen MR) is 128 cm³/mol. The van der Waals surface area contributed by atoms with Gasteiger partial charge in [0.05, 0.1) is 0 Å². The second-order valence-corrected chi connectivity index (χ2v) is 8.79. The lowest BCUT2D eigenvalue weighted by Crippen LogP contribution is -2.26. The average Bonchev–Trinajstić information content (AvgIpc) is 3.65. The molecule has 1 amide bonds. The Labute approximate surface area is 193 Å². The maximum Gasteiger partial charge on any atom is 0.253 e. The van der Waals surface area contributed by atoms with E-state index in [4.69, 9.17) is 0 Å². The minimum atomic E-state index is -0.0275. The number of hydrogen-bond donors (Lipinski definition) is 0. The van der Waals surface area contributed by atoms with Crippen LogP contribution in [0.4, 0.5) is 0 Å². The number of ketones is 1. The lowest BCUT2D eigenvalue weighted by molar-refractivity contribution is -0.119. The van der Waals surface area contributed by atoms with E-state index in [0.717, 1.165) is 33.9 Å². The lowest BCUT2D eigenvalue weighted by atomic mass is 10.00. The number of carbonyl (C=O) groups excluding carboxylic acids is 2. The first-order chi connectivity index (χ1) is 16.1. The number of amides is 1. The van der Waals surface area contributed by atoms with Gasteiger partial charge in [0.1, 0.15) is 5.78 Å². The highest BCUT2D eigenvalue weighted by atomic mass is 16.2. The third-order valence-electron chi connectivity index (χ3n) is 6.36. The smallest absolute Gasteiger partial charge is 0.253 e. The summed E-state index contributed by atoms with van der Waals surface area (Å²) >= 11 is 0. The summed E-state index contributed by atoms with van der Waals surface area (Å²) in [6.45, 7) is 0.513. The fourth-order valence-corrected chi connectivity index (χ4v) is 4.42. The van der Waals surface area contributed by atoms with Crippen LogP contribution < -0.4 is 0 Å². The Morgan fingerprint density at radius 1 is 0.909 bits per heavy atom. The van der Waals surface area contributed by atoms with Crippen molar-refractivity contribution < 1.29 is 9.59 Å². The Morgan fingerprint density at radius 3 is 2.52 bits per heavy atom. The van der Waals surface area contributed by atoms with Gasteiger partial charge in [0.2, 0.25) is 0 Å². The zero-order valence-electron chi connectivity index (χ0n) is 18.5. The highest BCUT2D eigenvalue weighted by molar-refractivity contribution is 5.94. The van der Waals surface area contributed by atoms with E-state index in [0.29, 0.717) is 18.5 Å². The van der Waals surface area contributed by atoms with Crippen molar-refractivity contribution in [2.24, 2.45) is 5.92 Å². The summed E-state index contributed by atoms with van der Waals surface area (Å²) in [7, 11) is 1.79. The molecule has 164 valence electrons. The van der Waals surface area contributed by atoms with E-state index in [2.05, 4.69) is 16.0 Å². The predicted octanol–water partition coefficient (Wildman–Crippen LogP) is 4.82. The molecule has 1 saturated carbocycles. The summed E-state index contributed by atoms with van der Waals surface area (Å²) < 4.78 is 0. The largest absolute Gasteiger partial charge is 0.337 e. The van der Waals surface area contributed by atoms with Gasteiger partial charge in [-0.15, -0.1) is 0 Å². The van der Waals surface area contributed by atoms with Gasteiger partial charge in [-0.05, 0) is 58.7 Å². The van der Waals surface area contributed by atoms with Crippen LogP contribution in [0.3, 0.4) is 0 Å². The summed E-state index contributed by atoms with van der Waals surface area (Å²) in [5.74, 6) is 0.567. The van der Waals surface area contributed by atoms with E-state index in [9.17, 15) is 9.59 Å². The van der Waals surface area contributed by atoms with Crippen LogP contribution in [0.5, 0.6) is 0 Å². The molecule has 0 spiro atoms. The van der Waals surface area contributed by atoms with Crippen LogP contribution in [-0.2, 0) is 17.8 Å². The lowest BCUT2D eigenvalue weighted by Gasteiger charge is -2.17. The third-order valence-corrected chi connectivity index (χ3v) is 6.36. The summed E-state index contributed by atoms with van der Waals surface area (Å²) in [5.41, 5.74) is 3.82. The number of pyridine rings is 2. The Bertz CT molecular complexity index is 1300. The normalized spacial score (nSPS) is 17.0. The number of fused-ring (bicyclic) bond motifs is 1. The Kier molecular flexibility index (Phi) is 5.69. The second kappa shape index (κ2) is 8.94. The van der Waals surface area contributed by atoms with Crippen LogP contribution in [0.15, 0.2) is 85.5 Å². The standard InChI is InChI=1S/C28H25N3O2/c1-31(18-20-3-2-11-29-16-20)28(33)22-8-6-21(7-9-22)25-15-26(25)27(32)14-19-4-5-24-17-30-12-10-23(24)13-19/h2-13,16-17,25-26H,14-15,18H2,1H3/t25-,26+/m0/s1. The highest BCUT2D eigenvalue weighted by Gasteiger charge is 2.43. The van der Waals surface area contributed by atoms with Gasteiger partial charge < -0.3 is 4.90 Å². The van der Waals surface area contributed by atoms with Gasteiger partial charge in [-0.3, -0.25) is 19.6 Å². The summed E-state index contributed by atoms with van der Waals surface area (Å²) in [4.78, 5) is 35.5. The minimum absolute atomic E-state index is 0.0275. The molecule has 5 nitrogen and oxygen atoms in total. The molecule has 5 rings (SSSR count). The highest BCUT2D eigenvalue weighted by Crippen LogP contribution is 2.48. The topological polar surface area (TPSA) is 63.2 Å². The van der Waals surface area contributed by atoms with Gasteiger partial charge in [-0.2, -0.15) is 0 Å². The van der Waals surface area contributed by atoms with Gasteiger partial charge in [0, 0.05) is 61.7 Å². The number of Topliss-reactive ketones (excluding diaryl/α,β-unsaturated/α-hetero) is 1. The first-order valence-electron chi connectivity index (χ1n) is 11.2. The maximum absolute atomic E-state index is 12.9. The molecule has 33 heavy (non-hydrogen) atoms. The fraction of sp³-hybridized carbons (Fsp3) is 0.214. The molecule has 2 aromatic carbocycles.